The first-order valence-electron chi connectivity index (χ1n) is 5.27. The summed E-state index contributed by atoms with van der Waals surface area (Å²) >= 11 is 6.04. The Morgan fingerprint density at radius 1 is 1.47 bits per heavy atom. The van der Waals surface area contributed by atoms with E-state index in [4.69, 9.17) is 17.3 Å². The van der Waals surface area contributed by atoms with E-state index >= 15 is 0 Å². The Morgan fingerprint density at radius 2 is 2.21 bits per heavy atom. The van der Waals surface area contributed by atoms with Crippen LogP contribution in [0.3, 0.4) is 0 Å². The van der Waals surface area contributed by atoms with Crippen molar-refractivity contribution in [2.45, 2.75) is 6.92 Å². The first-order valence-corrected chi connectivity index (χ1v) is 5.65. The molecule has 2 rings (SSSR count). The highest BCUT2D eigenvalue weighted by Gasteiger charge is 2.17. The Bertz CT molecular complexity index is 647. The molecule has 0 aliphatic heterocycles. The Hall–Kier alpha value is -2.41. The zero-order valence-corrected chi connectivity index (χ0v) is 10.7. The van der Waals surface area contributed by atoms with Crippen LogP contribution in [0.5, 0.6) is 0 Å². The molecule has 0 radical (unpaired) electrons. The molecule has 1 heterocycles. The van der Waals surface area contributed by atoms with Crippen LogP contribution in [0.2, 0.25) is 5.02 Å². The number of hydrogen-bond acceptors (Lipinski definition) is 6. The second-order valence-corrected chi connectivity index (χ2v) is 4.23. The highest BCUT2D eigenvalue weighted by molar-refractivity contribution is 6.33. The van der Waals surface area contributed by atoms with Crippen molar-refractivity contribution in [3.63, 3.8) is 0 Å². The van der Waals surface area contributed by atoms with Crippen LogP contribution in [0.4, 0.5) is 23.1 Å². The molecule has 3 N–H and O–H groups in total. The summed E-state index contributed by atoms with van der Waals surface area (Å²) in [6.45, 7) is 1.89. The van der Waals surface area contributed by atoms with Gasteiger partial charge in [0.05, 0.1) is 15.6 Å². The summed E-state index contributed by atoms with van der Waals surface area (Å²) in [6, 6.07) is 5.27. The number of nitro groups is 1. The predicted molar refractivity (Wildman–Crippen MR) is 72.6 cm³/mol. The monoisotopic (exact) mass is 279 g/mol. The fourth-order valence-electron chi connectivity index (χ4n) is 1.46. The van der Waals surface area contributed by atoms with E-state index in [9.17, 15) is 10.1 Å². The zero-order chi connectivity index (χ0) is 14.0. The molecule has 0 aliphatic rings. The molecule has 0 atom stereocenters. The molecular formula is C11H10ClN5O2. The molecule has 0 bridgehead atoms. The molecule has 0 fully saturated rings. The number of rotatable bonds is 3. The minimum absolute atomic E-state index is 0.00301. The van der Waals surface area contributed by atoms with Crippen LogP contribution in [0.1, 0.15) is 5.56 Å². The number of nitrogen functional groups attached to an aromatic ring is 1. The Morgan fingerprint density at radius 3 is 2.84 bits per heavy atom. The molecule has 1 aromatic carbocycles. The van der Waals surface area contributed by atoms with Gasteiger partial charge in [-0.1, -0.05) is 17.7 Å². The van der Waals surface area contributed by atoms with Gasteiger partial charge in [-0.25, -0.2) is 4.98 Å². The smallest absolute Gasteiger partial charge is 0.329 e. The predicted octanol–water partition coefficient (Wildman–Crippen LogP) is 2.67. The lowest BCUT2D eigenvalue weighted by Gasteiger charge is -2.08. The van der Waals surface area contributed by atoms with Crippen LogP contribution in [0.25, 0.3) is 0 Å². The van der Waals surface area contributed by atoms with E-state index < -0.39 is 4.92 Å². The maximum Gasteiger partial charge on any atom is 0.329 e. The molecule has 1 aromatic heterocycles. The maximum atomic E-state index is 10.9. The number of nitrogens with two attached hydrogens (primary N) is 1. The number of halogens is 1. The quantitative estimate of drug-likeness (QED) is 0.661. The summed E-state index contributed by atoms with van der Waals surface area (Å²) in [7, 11) is 0. The van der Waals surface area contributed by atoms with Gasteiger partial charge in [0.25, 0.3) is 0 Å². The van der Waals surface area contributed by atoms with Crippen molar-refractivity contribution in [3.8, 4) is 0 Å². The minimum atomic E-state index is -0.593. The van der Waals surface area contributed by atoms with Gasteiger partial charge in [0.1, 0.15) is 6.20 Å². The molecule has 0 aliphatic carbocycles. The van der Waals surface area contributed by atoms with E-state index in [0.717, 1.165) is 11.8 Å². The molecular weight excluding hydrogens is 270 g/mol. The van der Waals surface area contributed by atoms with E-state index in [1.165, 1.54) is 0 Å². The summed E-state index contributed by atoms with van der Waals surface area (Å²) < 4.78 is 0. The van der Waals surface area contributed by atoms with E-state index in [1.807, 2.05) is 13.0 Å². The summed E-state index contributed by atoms with van der Waals surface area (Å²) in [5, 5.41) is 14.1. The first kappa shape index (κ1) is 13.0. The van der Waals surface area contributed by atoms with Gasteiger partial charge in [-0.3, -0.25) is 10.1 Å². The second kappa shape index (κ2) is 5.07. The number of aromatic nitrogens is 2. The zero-order valence-electron chi connectivity index (χ0n) is 9.92. The van der Waals surface area contributed by atoms with Gasteiger partial charge in [-0.2, -0.15) is 4.98 Å². The van der Waals surface area contributed by atoms with Crippen LogP contribution in [0, 0.1) is 17.0 Å². The Balaban J connectivity index is 2.42. The highest BCUT2D eigenvalue weighted by Crippen LogP contribution is 2.29. The Kier molecular flexibility index (Phi) is 3.48. The molecule has 7 nitrogen and oxygen atoms in total. The fraction of sp³-hybridized carbons (Fsp3) is 0.0909. The normalized spacial score (nSPS) is 10.2. The van der Waals surface area contributed by atoms with Crippen LogP contribution in [-0.2, 0) is 0 Å². The summed E-state index contributed by atoms with van der Waals surface area (Å²) in [5.41, 5.74) is 6.64. The average molecular weight is 280 g/mol. The molecule has 0 spiro atoms. The largest absolute Gasteiger partial charge is 0.368 e. The summed E-state index contributed by atoms with van der Waals surface area (Å²) in [6.07, 6.45) is 1.05. The van der Waals surface area contributed by atoms with E-state index in [2.05, 4.69) is 15.3 Å². The first-order chi connectivity index (χ1) is 8.97. The lowest BCUT2D eigenvalue weighted by Crippen LogP contribution is -2.04. The van der Waals surface area contributed by atoms with E-state index in [0.29, 0.717) is 10.7 Å². The molecule has 2 aromatic rings. The molecule has 0 unspecified atom stereocenters. The third-order valence-corrected chi connectivity index (χ3v) is 2.68. The standard InChI is InChI=1S/C11H10ClN5O2/c1-6-2-3-8(7(12)4-6)15-10-9(17(18)19)5-14-11(13)16-10/h2-5H,1H3,(H3,13,14,15,16). The molecule has 0 saturated carbocycles. The average Bonchev–Trinajstić information content (AvgIpc) is 2.32. The third kappa shape index (κ3) is 2.89. The van der Waals surface area contributed by atoms with Crippen molar-refractivity contribution < 1.29 is 4.92 Å². The number of nitrogens with one attached hydrogen (secondary N) is 1. The molecule has 8 heteroatoms. The SMILES string of the molecule is Cc1ccc(Nc2nc(N)ncc2[N+](=O)[O-])c(Cl)c1. The molecule has 19 heavy (non-hydrogen) atoms. The number of nitrogens with zero attached hydrogens (tertiary/aromatic N) is 3. The van der Waals surface area contributed by atoms with Crippen LogP contribution < -0.4 is 11.1 Å². The number of aryl methyl sites for hydroxylation is 1. The van der Waals surface area contributed by atoms with Gasteiger partial charge < -0.3 is 11.1 Å². The third-order valence-electron chi connectivity index (χ3n) is 2.36. The van der Waals surface area contributed by atoms with Gasteiger partial charge >= 0.3 is 5.69 Å². The maximum absolute atomic E-state index is 10.9. The van der Waals surface area contributed by atoms with Gasteiger partial charge in [-0.05, 0) is 24.6 Å². The van der Waals surface area contributed by atoms with Crippen molar-refractivity contribution >= 4 is 34.7 Å². The fourth-order valence-corrected chi connectivity index (χ4v) is 1.75. The van der Waals surface area contributed by atoms with Gasteiger partial charge in [0.15, 0.2) is 0 Å². The van der Waals surface area contributed by atoms with Gasteiger partial charge in [-0.15, -0.1) is 0 Å². The van der Waals surface area contributed by atoms with E-state index in [-0.39, 0.29) is 17.5 Å². The molecule has 0 amide bonds. The summed E-state index contributed by atoms with van der Waals surface area (Å²) in [4.78, 5) is 17.7. The number of benzene rings is 1. The second-order valence-electron chi connectivity index (χ2n) is 3.83. The van der Waals surface area contributed by atoms with Crippen LogP contribution >= 0.6 is 11.6 Å². The molecule has 0 saturated heterocycles. The van der Waals surface area contributed by atoms with Crippen LogP contribution in [-0.4, -0.2) is 14.9 Å². The van der Waals surface area contributed by atoms with Crippen molar-refractivity contribution in [3.05, 3.63) is 45.1 Å². The topological polar surface area (TPSA) is 107 Å². The highest BCUT2D eigenvalue weighted by atomic mass is 35.5. The summed E-state index contributed by atoms with van der Waals surface area (Å²) in [5.74, 6) is -0.0559. The number of hydrogen-bond donors (Lipinski definition) is 2. The minimum Gasteiger partial charge on any atom is -0.368 e. The van der Waals surface area contributed by atoms with Crippen molar-refractivity contribution in [1.29, 1.82) is 0 Å². The van der Waals surface area contributed by atoms with Crippen molar-refractivity contribution in [2.75, 3.05) is 11.1 Å². The number of anilines is 3. The molecule has 98 valence electrons. The lowest BCUT2D eigenvalue weighted by molar-refractivity contribution is -0.384. The van der Waals surface area contributed by atoms with E-state index in [1.54, 1.807) is 12.1 Å². The van der Waals surface area contributed by atoms with Crippen molar-refractivity contribution in [2.24, 2.45) is 0 Å². The van der Waals surface area contributed by atoms with Gasteiger partial charge in [0, 0.05) is 0 Å². The Labute approximate surface area is 113 Å². The lowest BCUT2D eigenvalue weighted by atomic mass is 10.2. The van der Waals surface area contributed by atoms with Gasteiger partial charge in [0.2, 0.25) is 11.8 Å². The van der Waals surface area contributed by atoms with Crippen LogP contribution in [0.15, 0.2) is 24.4 Å². The van der Waals surface area contributed by atoms with Crippen molar-refractivity contribution in [1.82, 2.24) is 9.97 Å².